The number of hydrogen-bond donors (Lipinski definition) is 3. The van der Waals surface area contributed by atoms with E-state index in [0.717, 1.165) is 25.7 Å². The van der Waals surface area contributed by atoms with Crippen LogP contribution in [0.4, 0.5) is 11.4 Å². The lowest BCUT2D eigenvalue weighted by atomic mass is 10.1. The normalized spacial score (nSPS) is 10.3. The van der Waals surface area contributed by atoms with E-state index in [1.54, 1.807) is 48.5 Å². The second-order valence-electron chi connectivity index (χ2n) is 6.84. The van der Waals surface area contributed by atoms with Gasteiger partial charge < -0.3 is 16.0 Å². The standard InChI is InChI=1S/C23H29N3O3/c1-3-5-11-21(27)25-18-14-12-17(13-15-18)22(28)26-20-10-8-7-9-19(20)23(29)24-16-6-4-2/h7-10,12-15H,3-6,11,16H2,1-2H3,(H,24,29)(H,25,27)(H,26,28). The number of rotatable bonds is 10. The summed E-state index contributed by atoms with van der Waals surface area (Å²) in [5.74, 6) is -0.561. The highest BCUT2D eigenvalue weighted by atomic mass is 16.2. The summed E-state index contributed by atoms with van der Waals surface area (Å²) in [6.45, 7) is 4.69. The Kier molecular flexibility index (Phi) is 8.89. The van der Waals surface area contributed by atoms with Gasteiger partial charge in [-0.15, -0.1) is 0 Å². The molecule has 0 aromatic heterocycles. The number of amides is 3. The van der Waals surface area contributed by atoms with Crippen LogP contribution >= 0.6 is 0 Å². The highest BCUT2D eigenvalue weighted by Crippen LogP contribution is 2.17. The van der Waals surface area contributed by atoms with Crippen LogP contribution in [0, 0.1) is 0 Å². The van der Waals surface area contributed by atoms with Gasteiger partial charge in [0.15, 0.2) is 0 Å². The molecule has 154 valence electrons. The third-order valence-corrected chi connectivity index (χ3v) is 4.42. The van der Waals surface area contributed by atoms with Gasteiger partial charge in [0, 0.05) is 24.2 Å². The van der Waals surface area contributed by atoms with Crippen molar-refractivity contribution in [2.24, 2.45) is 0 Å². The first-order valence-corrected chi connectivity index (χ1v) is 10.1. The number of hydrogen-bond acceptors (Lipinski definition) is 3. The van der Waals surface area contributed by atoms with Gasteiger partial charge in [-0.25, -0.2) is 0 Å². The van der Waals surface area contributed by atoms with E-state index in [1.807, 2.05) is 6.92 Å². The number of unbranched alkanes of at least 4 members (excludes halogenated alkanes) is 2. The highest BCUT2D eigenvalue weighted by Gasteiger charge is 2.14. The molecule has 29 heavy (non-hydrogen) atoms. The van der Waals surface area contributed by atoms with Crippen molar-refractivity contribution in [3.63, 3.8) is 0 Å². The molecule has 0 saturated heterocycles. The Morgan fingerprint density at radius 3 is 2.17 bits per heavy atom. The van der Waals surface area contributed by atoms with Crippen LogP contribution < -0.4 is 16.0 Å². The lowest BCUT2D eigenvalue weighted by Gasteiger charge is -2.12. The van der Waals surface area contributed by atoms with E-state index < -0.39 is 0 Å². The molecule has 0 unspecified atom stereocenters. The molecule has 2 aromatic rings. The van der Waals surface area contributed by atoms with Crippen molar-refractivity contribution in [2.45, 2.75) is 46.0 Å². The summed E-state index contributed by atoms with van der Waals surface area (Å²) in [5, 5.41) is 8.48. The Balaban J connectivity index is 2.01. The lowest BCUT2D eigenvalue weighted by Crippen LogP contribution is -2.26. The van der Waals surface area contributed by atoms with E-state index in [0.29, 0.717) is 35.5 Å². The summed E-state index contributed by atoms with van der Waals surface area (Å²) in [5.41, 5.74) is 1.98. The summed E-state index contributed by atoms with van der Waals surface area (Å²) >= 11 is 0. The molecule has 0 saturated carbocycles. The minimum Gasteiger partial charge on any atom is -0.352 e. The number of benzene rings is 2. The molecule has 3 N–H and O–H groups in total. The molecule has 3 amide bonds. The Morgan fingerprint density at radius 1 is 0.793 bits per heavy atom. The number of carbonyl (C=O) groups excluding carboxylic acids is 3. The van der Waals surface area contributed by atoms with Gasteiger partial charge >= 0.3 is 0 Å². The predicted molar refractivity (Wildman–Crippen MR) is 116 cm³/mol. The van der Waals surface area contributed by atoms with Crippen molar-refractivity contribution in [3.05, 3.63) is 59.7 Å². The van der Waals surface area contributed by atoms with Gasteiger partial charge in [-0.2, -0.15) is 0 Å². The lowest BCUT2D eigenvalue weighted by molar-refractivity contribution is -0.116. The summed E-state index contributed by atoms with van der Waals surface area (Å²) in [7, 11) is 0. The summed E-state index contributed by atoms with van der Waals surface area (Å²) in [6, 6.07) is 13.6. The molecule has 6 nitrogen and oxygen atoms in total. The Hall–Kier alpha value is -3.15. The van der Waals surface area contributed by atoms with Crippen LogP contribution in [0.2, 0.25) is 0 Å². The zero-order chi connectivity index (χ0) is 21.1. The van der Waals surface area contributed by atoms with Gasteiger partial charge in [-0.05, 0) is 49.2 Å². The van der Waals surface area contributed by atoms with Crippen LogP contribution in [0.25, 0.3) is 0 Å². The summed E-state index contributed by atoms with van der Waals surface area (Å²) in [4.78, 5) is 36.8. The van der Waals surface area contributed by atoms with Crippen LogP contribution in [0.3, 0.4) is 0 Å². The monoisotopic (exact) mass is 395 g/mol. The largest absolute Gasteiger partial charge is 0.352 e. The van der Waals surface area contributed by atoms with Crippen molar-refractivity contribution < 1.29 is 14.4 Å². The Morgan fingerprint density at radius 2 is 1.48 bits per heavy atom. The minimum absolute atomic E-state index is 0.0351. The molecule has 0 heterocycles. The number of anilines is 2. The summed E-state index contributed by atoms with van der Waals surface area (Å²) < 4.78 is 0. The fourth-order valence-electron chi connectivity index (χ4n) is 2.72. The second kappa shape index (κ2) is 11.6. The van der Waals surface area contributed by atoms with Crippen LogP contribution in [-0.4, -0.2) is 24.3 Å². The van der Waals surface area contributed by atoms with Crippen molar-refractivity contribution in [3.8, 4) is 0 Å². The molecular weight excluding hydrogens is 366 g/mol. The van der Waals surface area contributed by atoms with Crippen molar-refractivity contribution in [1.29, 1.82) is 0 Å². The third-order valence-electron chi connectivity index (χ3n) is 4.42. The molecule has 6 heteroatoms. The smallest absolute Gasteiger partial charge is 0.255 e. The van der Waals surface area contributed by atoms with Crippen molar-refractivity contribution in [1.82, 2.24) is 5.32 Å². The average Bonchev–Trinajstić information content (AvgIpc) is 2.73. The van der Waals surface area contributed by atoms with Gasteiger partial charge in [0.2, 0.25) is 5.91 Å². The second-order valence-corrected chi connectivity index (χ2v) is 6.84. The maximum Gasteiger partial charge on any atom is 0.255 e. The van der Waals surface area contributed by atoms with Crippen molar-refractivity contribution >= 4 is 29.1 Å². The van der Waals surface area contributed by atoms with Crippen LogP contribution in [0.15, 0.2) is 48.5 Å². The average molecular weight is 396 g/mol. The molecule has 0 aliphatic heterocycles. The van der Waals surface area contributed by atoms with E-state index in [-0.39, 0.29) is 17.7 Å². The molecule has 0 aliphatic carbocycles. The SMILES string of the molecule is CCCCNC(=O)c1ccccc1NC(=O)c1ccc(NC(=O)CCCC)cc1. The maximum atomic E-state index is 12.6. The van der Waals surface area contributed by atoms with Crippen LogP contribution in [-0.2, 0) is 4.79 Å². The van der Waals surface area contributed by atoms with E-state index >= 15 is 0 Å². The molecule has 2 rings (SSSR count). The fraction of sp³-hybridized carbons (Fsp3) is 0.348. The molecule has 0 spiro atoms. The van der Waals surface area contributed by atoms with E-state index in [9.17, 15) is 14.4 Å². The van der Waals surface area contributed by atoms with Crippen molar-refractivity contribution in [2.75, 3.05) is 17.2 Å². The van der Waals surface area contributed by atoms with Crippen LogP contribution in [0.1, 0.15) is 66.7 Å². The molecule has 0 bridgehead atoms. The zero-order valence-corrected chi connectivity index (χ0v) is 17.1. The van der Waals surface area contributed by atoms with E-state index in [1.165, 1.54) is 0 Å². The highest BCUT2D eigenvalue weighted by molar-refractivity contribution is 6.09. The first kappa shape index (κ1) is 22.1. The molecule has 2 aromatic carbocycles. The maximum absolute atomic E-state index is 12.6. The predicted octanol–water partition coefficient (Wildman–Crippen LogP) is 4.60. The molecule has 0 aliphatic rings. The quantitative estimate of drug-likeness (QED) is 0.514. The first-order valence-electron chi connectivity index (χ1n) is 10.1. The van der Waals surface area contributed by atoms with Gasteiger partial charge in [-0.3, -0.25) is 14.4 Å². The topological polar surface area (TPSA) is 87.3 Å². The summed E-state index contributed by atoms with van der Waals surface area (Å²) in [6.07, 6.45) is 4.19. The fourth-order valence-corrected chi connectivity index (χ4v) is 2.72. The first-order chi connectivity index (χ1) is 14.0. The minimum atomic E-state index is -0.317. The molecule has 0 atom stereocenters. The van der Waals surface area contributed by atoms with Gasteiger partial charge in [0.25, 0.3) is 11.8 Å². The van der Waals surface area contributed by atoms with Crippen LogP contribution in [0.5, 0.6) is 0 Å². The number of carbonyl (C=O) groups is 3. The molecule has 0 radical (unpaired) electrons. The molecule has 0 fully saturated rings. The van der Waals surface area contributed by atoms with Gasteiger partial charge in [0.1, 0.15) is 0 Å². The number of para-hydroxylation sites is 1. The van der Waals surface area contributed by atoms with Gasteiger partial charge in [0.05, 0.1) is 11.3 Å². The van der Waals surface area contributed by atoms with E-state index in [2.05, 4.69) is 22.9 Å². The molecular formula is C23H29N3O3. The zero-order valence-electron chi connectivity index (χ0n) is 17.1. The van der Waals surface area contributed by atoms with E-state index in [4.69, 9.17) is 0 Å². The Labute approximate surface area is 172 Å². The number of nitrogens with one attached hydrogen (secondary N) is 3. The van der Waals surface area contributed by atoms with Gasteiger partial charge in [-0.1, -0.05) is 38.8 Å². The third kappa shape index (κ3) is 7.07. The Bertz CT molecular complexity index is 832.